The van der Waals surface area contributed by atoms with E-state index in [1.807, 2.05) is 24.3 Å². The fourth-order valence-electron chi connectivity index (χ4n) is 4.83. The molecule has 0 heterocycles. The molecule has 284 valence electrons. The van der Waals surface area contributed by atoms with E-state index < -0.39 is 23.9 Å². The molecule has 0 amide bonds. The number of benzene rings is 4. The van der Waals surface area contributed by atoms with Crippen LogP contribution in [0.2, 0.25) is 0 Å². The molecule has 4 aromatic carbocycles. The molecule has 0 fully saturated rings. The summed E-state index contributed by atoms with van der Waals surface area (Å²) in [7, 11) is 0. The van der Waals surface area contributed by atoms with E-state index in [1.165, 1.54) is 0 Å². The zero-order valence-corrected chi connectivity index (χ0v) is 36.0. The van der Waals surface area contributed by atoms with Crippen molar-refractivity contribution in [2.45, 2.75) is 105 Å². The van der Waals surface area contributed by atoms with Crippen molar-refractivity contribution < 1.29 is 39.6 Å². The van der Waals surface area contributed by atoms with Crippen molar-refractivity contribution in [1.29, 1.82) is 0 Å². The van der Waals surface area contributed by atoms with Gasteiger partial charge in [-0.2, -0.15) is 0 Å². The Balaban J connectivity index is 0.000000676. The Hall–Kier alpha value is -4.32. The first-order valence-corrected chi connectivity index (χ1v) is 17.8. The van der Waals surface area contributed by atoms with Gasteiger partial charge in [-0.15, -0.1) is 0 Å². The van der Waals surface area contributed by atoms with Crippen molar-refractivity contribution in [2.24, 2.45) is 0 Å². The summed E-state index contributed by atoms with van der Waals surface area (Å²) in [6.07, 6.45) is 4.04. The first-order valence-electron chi connectivity index (χ1n) is 17.8. The van der Waals surface area contributed by atoms with Crippen molar-refractivity contribution >= 4 is 51.2 Å². The number of hydrogen-bond donors (Lipinski definition) is 0. The van der Waals surface area contributed by atoms with Crippen molar-refractivity contribution in [3.63, 3.8) is 0 Å². The second kappa shape index (κ2) is 25.6. The second-order valence-corrected chi connectivity index (χ2v) is 12.9. The summed E-state index contributed by atoms with van der Waals surface area (Å²) in [6, 6.07) is 27.8. The van der Waals surface area contributed by atoms with Gasteiger partial charge in [0.1, 0.15) is 0 Å². The molecule has 53 heavy (non-hydrogen) atoms. The van der Waals surface area contributed by atoms with Gasteiger partial charge >= 0.3 is 0 Å². The largest absolute Gasteiger partial charge is 0.545 e. The van der Waals surface area contributed by atoms with Gasteiger partial charge in [-0.3, -0.25) is 0 Å². The van der Waals surface area contributed by atoms with Gasteiger partial charge in [0.25, 0.3) is 0 Å². The Bertz CT molecular complexity index is 1480. The average molecular weight is 916 g/mol. The van der Waals surface area contributed by atoms with Gasteiger partial charge in [0, 0.05) is 27.3 Å². The Kier molecular flexibility index (Phi) is 23.5. The average Bonchev–Trinajstić information content (AvgIpc) is 3.17. The van der Waals surface area contributed by atoms with Crippen LogP contribution in [0.25, 0.3) is 0 Å². The molecule has 8 nitrogen and oxygen atoms in total. The summed E-state index contributed by atoms with van der Waals surface area (Å²) in [6.45, 7) is 16.6. The monoisotopic (exact) mass is 916 g/mol. The van der Waals surface area contributed by atoms with Crippen LogP contribution in [0.4, 0.5) is 0 Å². The zero-order chi connectivity index (χ0) is 39.4. The van der Waals surface area contributed by atoms with Gasteiger partial charge in [0.2, 0.25) is 0 Å². The molecule has 0 saturated heterocycles. The van der Waals surface area contributed by atoms with E-state index in [4.69, 9.17) is 0 Å². The van der Waals surface area contributed by atoms with E-state index in [1.54, 1.807) is 72.8 Å². The predicted molar refractivity (Wildman–Crippen MR) is 204 cm³/mol. The number of carbonyl (C=O) groups excluding carboxylic acids is 4. The Morgan fingerprint density at radius 2 is 0.566 bits per heavy atom. The van der Waals surface area contributed by atoms with E-state index >= 15 is 0 Å². The summed E-state index contributed by atoms with van der Waals surface area (Å²) >= 11 is 0. The fraction of sp³-hybridized carbons (Fsp3) is 0.364. The third-order valence-corrected chi connectivity index (χ3v) is 9.21. The second-order valence-electron chi connectivity index (χ2n) is 12.9. The minimum Gasteiger partial charge on any atom is -0.545 e. The molecule has 4 radical (unpaired) electrons. The molecule has 4 aromatic rings. The Morgan fingerprint density at radius 3 is 0.698 bits per heavy atom. The molecular formula is C44H52O8Pb-4. The summed E-state index contributed by atoms with van der Waals surface area (Å²) in [5, 5.41) is 42.2. The Morgan fingerprint density at radius 1 is 0.396 bits per heavy atom. The van der Waals surface area contributed by atoms with Crippen LogP contribution in [-0.4, -0.2) is 51.2 Å². The van der Waals surface area contributed by atoms with E-state index in [0.717, 1.165) is 47.9 Å². The summed E-state index contributed by atoms with van der Waals surface area (Å²) < 4.78 is 0. The van der Waals surface area contributed by atoms with Crippen LogP contribution in [0.1, 0.15) is 168 Å². The maximum Gasteiger partial charge on any atom is 0.0715 e. The number of hydrogen-bond acceptors (Lipinski definition) is 8. The molecule has 4 atom stereocenters. The fourth-order valence-corrected chi connectivity index (χ4v) is 4.83. The summed E-state index contributed by atoms with van der Waals surface area (Å²) in [4.78, 5) is 42.2. The number of carbonyl (C=O) groups is 4. The maximum atomic E-state index is 10.6. The molecule has 9 heteroatoms. The van der Waals surface area contributed by atoms with E-state index in [9.17, 15) is 39.6 Å². The quantitative estimate of drug-likeness (QED) is 0.160. The number of aromatic carboxylic acids is 4. The topological polar surface area (TPSA) is 161 Å². The predicted octanol–water partition coefficient (Wildman–Crippen LogP) is 5.87. The van der Waals surface area contributed by atoms with Crippen LogP contribution >= 0.6 is 0 Å². The summed E-state index contributed by atoms with van der Waals surface area (Å²) in [5.74, 6) is -2.82. The zero-order valence-electron chi connectivity index (χ0n) is 32.1. The van der Waals surface area contributed by atoms with Gasteiger partial charge in [-0.1, -0.05) is 128 Å². The molecule has 0 saturated carbocycles. The number of carboxylic acids is 4. The van der Waals surface area contributed by atoms with E-state index in [0.29, 0.717) is 23.7 Å². The van der Waals surface area contributed by atoms with E-state index in [-0.39, 0.29) is 49.6 Å². The number of rotatable bonds is 12. The van der Waals surface area contributed by atoms with Crippen LogP contribution < -0.4 is 20.4 Å². The van der Waals surface area contributed by atoms with Crippen LogP contribution in [0, 0.1) is 0 Å². The van der Waals surface area contributed by atoms with Crippen molar-refractivity contribution in [1.82, 2.24) is 0 Å². The van der Waals surface area contributed by atoms with Crippen LogP contribution in [0.5, 0.6) is 0 Å². The van der Waals surface area contributed by atoms with Crippen molar-refractivity contribution in [3.05, 3.63) is 142 Å². The normalized spacial score (nSPS) is 12.2. The summed E-state index contributed by atoms with van der Waals surface area (Å²) in [5.41, 5.74) is 5.29. The standard InChI is InChI=1S/4C11H14O2.Pb/c4*1-3-8(2)9-5-4-6-10(7-9)11(12)13;/h4*4-8H,3H2,1-2H3,(H,12,13);/p-4. The molecule has 0 N–H and O–H groups in total. The molecular weight excluding hydrogens is 864 g/mol. The third kappa shape index (κ3) is 17.4. The SMILES string of the molecule is CCC(C)c1cccc(C(=O)[O-])c1.CCC(C)c1cccc(C(=O)[O-])c1.CCC(C)c1cccc(C(=O)[O-])c1.CCC(C)c1cccc(C(=O)[O-])c1.[Pb]. The molecule has 0 spiro atoms. The number of carboxylic acid groups (broad SMARTS) is 4. The van der Waals surface area contributed by atoms with Gasteiger partial charge in [0.15, 0.2) is 0 Å². The molecule has 0 aliphatic rings. The van der Waals surface area contributed by atoms with Crippen molar-refractivity contribution in [2.75, 3.05) is 0 Å². The minimum absolute atomic E-state index is 0. The van der Waals surface area contributed by atoms with Crippen LogP contribution in [0.15, 0.2) is 97.1 Å². The molecule has 0 aliphatic carbocycles. The van der Waals surface area contributed by atoms with Crippen LogP contribution in [0.3, 0.4) is 0 Å². The maximum absolute atomic E-state index is 10.6. The smallest absolute Gasteiger partial charge is 0.0715 e. The first-order chi connectivity index (χ1) is 24.6. The van der Waals surface area contributed by atoms with Gasteiger partial charge in [0.05, 0.1) is 23.9 Å². The first kappa shape index (κ1) is 48.7. The van der Waals surface area contributed by atoms with Gasteiger partial charge < -0.3 is 39.6 Å². The van der Waals surface area contributed by atoms with Gasteiger partial charge in [-0.05, 0) is 118 Å². The Labute approximate surface area is 335 Å². The van der Waals surface area contributed by atoms with Crippen LogP contribution in [-0.2, 0) is 0 Å². The minimum atomic E-state index is -1.11. The molecule has 4 unspecified atom stereocenters. The molecule has 0 bridgehead atoms. The van der Waals surface area contributed by atoms with Gasteiger partial charge in [-0.25, -0.2) is 0 Å². The molecule has 4 rings (SSSR count). The molecule has 0 aromatic heterocycles. The van der Waals surface area contributed by atoms with Crippen molar-refractivity contribution in [3.8, 4) is 0 Å². The third-order valence-electron chi connectivity index (χ3n) is 9.21. The molecule has 0 aliphatic heterocycles. The van der Waals surface area contributed by atoms with E-state index in [2.05, 4.69) is 55.4 Å².